The molecule has 0 spiro atoms. The van der Waals surface area contributed by atoms with E-state index >= 15 is 0 Å². The summed E-state index contributed by atoms with van der Waals surface area (Å²) in [4.78, 5) is 10.6. The zero-order chi connectivity index (χ0) is 15.4. The third-order valence-corrected chi connectivity index (χ3v) is 3.02. The van der Waals surface area contributed by atoms with E-state index in [1.807, 2.05) is 13.0 Å². The van der Waals surface area contributed by atoms with E-state index in [4.69, 9.17) is 21.4 Å². The molecule has 0 heterocycles. The van der Waals surface area contributed by atoms with Gasteiger partial charge in [-0.15, -0.1) is 0 Å². The predicted molar refractivity (Wildman–Crippen MR) is 79.3 cm³/mol. The van der Waals surface area contributed by atoms with E-state index < -0.39 is 11.8 Å². The Balaban J connectivity index is 2.42. The molecule has 0 aliphatic carbocycles. The molecule has 0 saturated carbocycles. The molecule has 0 fully saturated rings. The highest BCUT2D eigenvalue weighted by Crippen LogP contribution is 2.33. The first-order valence-corrected chi connectivity index (χ1v) is 6.48. The lowest BCUT2D eigenvalue weighted by Gasteiger charge is -2.11. The molecule has 2 aromatic carbocycles. The molecular formula is C16H12ClFO3. The average molecular weight is 307 g/mol. The van der Waals surface area contributed by atoms with Gasteiger partial charge in [0.2, 0.25) is 0 Å². The van der Waals surface area contributed by atoms with Crippen LogP contribution in [0.4, 0.5) is 4.39 Å². The summed E-state index contributed by atoms with van der Waals surface area (Å²) in [5.74, 6) is -1.17. The molecule has 0 aromatic heterocycles. The van der Waals surface area contributed by atoms with Crippen molar-refractivity contribution in [3.05, 3.63) is 64.4 Å². The van der Waals surface area contributed by atoms with Gasteiger partial charge in [-0.1, -0.05) is 23.7 Å². The number of aryl methyl sites for hydroxylation is 1. The Morgan fingerprint density at radius 2 is 2.05 bits per heavy atom. The summed E-state index contributed by atoms with van der Waals surface area (Å²) in [7, 11) is 0. The molecule has 0 bridgehead atoms. The van der Waals surface area contributed by atoms with Crippen molar-refractivity contribution in [2.75, 3.05) is 0 Å². The number of halogens is 2. The van der Waals surface area contributed by atoms with E-state index in [-0.39, 0.29) is 11.3 Å². The molecule has 2 rings (SSSR count). The van der Waals surface area contributed by atoms with Crippen molar-refractivity contribution in [2.24, 2.45) is 0 Å². The summed E-state index contributed by atoms with van der Waals surface area (Å²) < 4.78 is 19.4. The zero-order valence-electron chi connectivity index (χ0n) is 11.1. The molecule has 108 valence electrons. The molecule has 1 N–H and O–H groups in total. The lowest BCUT2D eigenvalue weighted by atomic mass is 10.1. The third-order valence-electron chi connectivity index (χ3n) is 2.71. The Hall–Kier alpha value is -2.33. The van der Waals surface area contributed by atoms with Crippen LogP contribution in [-0.2, 0) is 4.79 Å². The fourth-order valence-corrected chi connectivity index (χ4v) is 1.89. The van der Waals surface area contributed by atoms with Gasteiger partial charge >= 0.3 is 5.97 Å². The Labute approximate surface area is 126 Å². The van der Waals surface area contributed by atoms with Crippen LogP contribution in [0.25, 0.3) is 6.08 Å². The number of aliphatic carboxylic acids is 1. The van der Waals surface area contributed by atoms with Crippen molar-refractivity contribution in [1.29, 1.82) is 0 Å². The van der Waals surface area contributed by atoms with Gasteiger partial charge in [0.25, 0.3) is 0 Å². The van der Waals surface area contributed by atoms with Crippen LogP contribution >= 0.6 is 11.6 Å². The first-order chi connectivity index (χ1) is 9.97. The van der Waals surface area contributed by atoms with Gasteiger partial charge in [-0.2, -0.15) is 0 Å². The maximum Gasteiger partial charge on any atom is 0.328 e. The quantitative estimate of drug-likeness (QED) is 0.834. The monoisotopic (exact) mass is 306 g/mol. The lowest BCUT2D eigenvalue weighted by molar-refractivity contribution is -0.131. The summed E-state index contributed by atoms with van der Waals surface area (Å²) >= 11 is 6.03. The van der Waals surface area contributed by atoms with E-state index in [2.05, 4.69) is 0 Å². The second-order valence-corrected chi connectivity index (χ2v) is 4.77. The van der Waals surface area contributed by atoms with Crippen molar-refractivity contribution < 1.29 is 19.0 Å². The minimum Gasteiger partial charge on any atom is -0.478 e. The second kappa shape index (κ2) is 6.41. The predicted octanol–water partition coefficient (Wildman–Crippen LogP) is 4.68. The number of carboxylic acid groups (broad SMARTS) is 1. The van der Waals surface area contributed by atoms with Crippen LogP contribution in [0.3, 0.4) is 0 Å². The van der Waals surface area contributed by atoms with Gasteiger partial charge in [0.05, 0.1) is 10.6 Å². The van der Waals surface area contributed by atoms with Crippen molar-refractivity contribution in [2.45, 2.75) is 6.92 Å². The minimum absolute atomic E-state index is 0.0532. The normalized spacial score (nSPS) is 10.8. The average Bonchev–Trinajstić information content (AvgIpc) is 2.42. The fourth-order valence-electron chi connectivity index (χ4n) is 1.73. The summed E-state index contributed by atoms with van der Waals surface area (Å²) in [5, 5.41) is 9.04. The Morgan fingerprint density at radius 3 is 2.76 bits per heavy atom. The van der Waals surface area contributed by atoms with Crippen LogP contribution in [0.5, 0.6) is 11.5 Å². The molecule has 0 radical (unpaired) electrons. The van der Waals surface area contributed by atoms with Gasteiger partial charge in [0.1, 0.15) is 17.3 Å². The molecule has 21 heavy (non-hydrogen) atoms. The van der Waals surface area contributed by atoms with Gasteiger partial charge in [-0.3, -0.25) is 0 Å². The summed E-state index contributed by atoms with van der Waals surface area (Å²) in [6.07, 6.45) is 2.00. The van der Waals surface area contributed by atoms with Crippen molar-refractivity contribution in [3.63, 3.8) is 0 Å². The Morgan fingerprint density at radius 1 is 1.29 bits per heavy atom. The summed E-state index contributed by atoms with van der Waals surface area (Å²) in [6, 6.07) is 9.48. The molecule has 0 aliphatic heterocycles. The number of benzene rings is 2. The molecule has 0 amide bonds. The highest BCUT2D eigenvalue weighted by molar-refractivity contribution is 6.32. The SMILES string of the molecule is Cc1ccc(Cl)c(Oc2cccc(F)c2/C=C/C(=O)O)c1. The van der Waals surface area contributed by atoms with Crippen LogP contribution in [-0.4, -0.2) is 11.1 Å². The van der Waals surface area contributed by atoms with Crippen LogP contribution < -0.4 is 4.74 Å². The van der Waals surface area contributed by atoms with Crippen LogP contribution in [0.2, 0.25) is 5.02 Å². The number of hydrogen-bond donors (Lipinski definition) is 1. The number of rotatable bonds is 4. The second-order valence-electron chi connectivity index (χ2n) is 4.36. The van der Waals surface area contributed by atoms with Crippen LogP contribution in [0, 0.1) is 12.7 Å². The molecule has 0 atom stereocenters. The number of carboxylic acids is 1. The molecule has 0 aliphatic rings. The van der Waals surface area contributed by atoms with Gasteiger partial charge < -0.3 is 9.84 Å². The molecule has 3 nitrogen and oxygen atoms in total. The largest absolute Gasteiger partial charge is 0.478 e. The van der Waals surface area contributed by atoms with Crippen molar-refractivity contribution in [3.8, 4) is 11.5 Å². The van der Waals surface area contributed by atoms with E-state index in [0.29, 0.717) is 10.8 Å². The Bertz CT molecular complexity index is 711. The smallest absolute Gasteiger partial charge is 0.328 e. The van der Waals surface area contributed by atoms with Crippen LogP contribution in [0.15, 0.2) is 42.5 Å². The fraction of sp³-hybridized carbons (Fsp3) is 0.0625. The summed E-state index contributed by atoms with van der Waals surface area (Å²) in [6.45, 7) is 1.88. The maximum absolute atomic E-state index is 13.8. The minimum atomic E-state index is -1.17. The maximum atomic E-state index is 13.8. The molecular weight excluding hydrogens is 295 g/mol. The van der Waals surface area contributed by atoms with E-state index in [9.17, 15) is 9.18 Å². The van der Waals surface area contributed by atoms with E-state index in [1.54, 1.807) is 18.2 Å². The van der Waals surface area contributed by atoms with Gasteiger partial charge in [-0.05, 0) is 42.8 Å². The number of hydrogen-bond acceptors (Lipinski definition) is 2. The standard InChI is InChI=1S/C16H12ClFO3/c1-10-5-7-12(17)15(9-10)21-14-4-2-3-13(18)11(14)6-8-16(19)20/h2-9H,1H3,(H,19,20)/b8-6+. The van der Waals surface area contributed by atoms with E-state index in [1.165, 1.54) is 12.1 Å². The third kappa shape index (κ3) is 3.83. The number of carbonyl (C=O) groups is 1. The van der Waals surface area contributed by atoms with Crippen molar-refractivity contribution >= 4 is 23.6 Å². The van der Waals surface area contributed by atoms with Gasteiger partial charge in [0.15, 0.2) is 0 Å². The highest BCUT2D eigenvalue weighted by atomic mass is 35.5. The number of ether oxygens (including phenoxy) is 1. The molecule has 2 aromatic rings. The van der Waals surface area contributed by atoms with Crippen molar-refractivity contribution in [1.82, 2.24) is 0 Å². The topological polar surface area (TPSA) is 46.5 Å². The lowest BCUT2D eigenvalue weighted by Crippen LogP contribution is -1.93. The van der Waals surface area contributed by atoms with Gasteiger partial charge in [-0.25, -0.2) is 9.18 Å². The molecule has 0 unspecified atom stereocenters. The van der Waals surface area contributed by atoms with Gasteiger partial charge in [0, 0.05) is 6.08 Å². The summed E-state index contributed by atoms with van der Waals surface area (Å²) in [5.41, 5.74) is 0.992. The Kier molecular flexibility index (Phi) is 4.60. The zero-order valence-corrected chi connectivity index (χ0v) is 11.9. The van der Waals surface area contributed by atoms with Crippen LogP contribution in [0.1, 0.15) is 11.1 Å². The van der Waals surface area contributed by atoms with E-state index in [0.717, 1.165) is 17.7 Å². The molecule has 0 saturated heterocycles. The first-order valence-electron chi connectivity index (χ1n) is 6.11. The highest BCUT2D eigenvalue weighted by Gasteiger charge is 2.10. The molecule has 5 heteroatoms. The first kappa shape index (κ1) is 15.1.